The molecule has 1 unspecified atom stereocenters. The van der Waals surface area contributed by atoms with Crippen molar-refractivity contribution in [3.8, 4) is 0 Å². The van der Waals surface area contributed by atoms with Gasteiger partial charge in [-0.3, -0.25) is 4.79 Å². The number of methoxy groups -OCH3 is 2. The Kier molecular flexibility index (Phi) is 5.61. The Morgan fingerprint density at radius 3 is 2.17 bits per heavy atom. The number of carbonyl (C=O) groups excluding carboxylic acids is 1. The molecular formula is C13H20N2O3. The van der Waals surface area contributed by atoms with Crippen molar-refractivity contribution in [2.75, 3.05) is 26.6 Å². The molecule has 0 saturated carbocycles. The van der Waals surface area contributed by atoms with Crippen LogP contribution in [0.25, 0.3) is 0 Å². The Labute approximate surface area is 107 Å². The van der Waals surface area contributed by atoms with Crippen molar-refractivity contribution < 1.29 is 14.3 Å². The van der Waals surface area contributed by atoms with Crippen LogP contribution in [0.15, 0.2) is 24.3 Å². The number of hydrogen-bond donors (Lipinski definition) is 2. The monoisotopic (exact) mass is 252 g/mol. The van der Waals surface area contributed by atoms with Gasteiger partial charge in [0.1, 0.15) is 0 Å². The van der Waals surface area contributed by atoms with Crippen LogP contribution in [0.4, 0.5) is 5.69 Å². The minimum absolute atomic E-state index is 0.00542. The normalized spacial score (nSPS) is 12.3. The maximum Gasteiger partial charge on any atom is 0.251 e. The molecule has 1 amide bonds. The lowest BCUT2D eigenvalue weighted by Gasteiger charge is -2.23. The van der Waals surface area contributed by atoms with Gasteiger partial charge in [0.2, 0.25) is 0 Å². The molecule has 0 saturated heterocycles. The van der Waals surface area contributed by atoms with E-state index in [-0.39, 0.29) is 18.2 Å². The molecule has 18 heavy (non-hydrogen) atoms. The van der Waals surface area contributed by atoms with Gasteiger partial charge < -0.3 is 20.1 Å². The summed E-state index contributed by atoms with van der Waals surface area (Å²) in [6.45, 7) is 1.96. The molecule has 0 aromatic heterocycles. The fourth-order valence-electron chi connectivity index (χ4n) is 1.70. The first kappa shape index (κ1) is 14.5. The Morgan fingerprint density at radius 1 is 1.17 bits per heavy atom. The summed E-state index contributed by atoms with van der Waals surface area (Å²) >= 11 is 0. The van der Waals surface area contributed by atoms with E-state index in [9.17, 15) is 4.79 Å². The highest BCUT2D eigenvalue weighted by Crippen LogP contribution is 2.13. The third-order valence-corrected chi connectivity index (χ3v) is 2.64. The summed E-state index contributed by atoms with van der Waals surface area (Å²) in [7, 11) is 4.81. The summed E-state index contributed by atoms with van der Waals surface area (Å²) in [6, 6.07) is 7.24. The molecule has 1 aromatic rings. The fraction of sp³-hybridized carbons (Fsp3) is 0.462. The highest BCUT2D eigenvalue weighted by atomic mass is 16.7. The SMILES string of the molecule is CNC(=O)c1ccc(NC(C)C(OC)OC)cc1. The van der Waals surface area contributed by atoms with Crippen LogP contribution in [0.1, 0.15) is 17.3 Å². The Hall–Kier alpha value is -1.59. The van der Waals surface area contributed by atoms with Gasteiger partial charge >= 0.3 is 0 Å². The van der Waals surface area contributed by atoms with Gasteiger partial charge in [-0.2, -0.15) is 0 Å². The zero-order chi connectivity index (χ0) is 13.5. The molecule has 0 fully saturated rings. The molecule has 1 rings (SSSR count). The first-order valence-electron chi connectivity index (χ1n) is 5.76. The molecule has 100 valence electrons. The van der Waals surface area contributed by atoms with Gasteiger partial charge in [-0.25, -0.2) is 0 Å². The van der Waals surface area contributed by atoms with Crippen molar-refractivity contribution in [3.63, 3.8) is 0 Å². The molecule has 0 spiro atoms. The largest absolute Gasteiger partial charge is 0.377 e. The van der Waals surface area contributed by atoms with E-state index in [1.807, 2.05) is 19.1 Å². The van der Waals surface area contributed by atoms with E-state index in [1.165, 1.54) is 0 Å². The zero-order valence-electron chi connectivity index (χ0n) is 11.2. The summed E-state index contributed by atoms with van der Waals surface area (Å²) in [5.74, 6) is -0.0961. The molecule has 0 heterocycles. The highest BCUT2D eigenvalue weighted by Gasteiger charge is 2.15. The summed E-state index contributed by atoms with van der Waals surface area (Å²) < 4.78 is 10.3. The topological polar surface area (TPSA) is 59.6 Å². The molecule has 5 nitrogen and oxygen atoms in total. The molecule has 2 N–H and O–H groups in total. The van der Waals surface area contributed by atoms with E-state index in [0.29, 0.717) is 5.56 Å². The maximum absolute atomic E-state index is 11.4. The number of nitrogens with one attached hydrogen (secondary N) is 2. The van der Waals surface area contributed by atoms with Gasteiger partial charge in [-0.05, 0) is 31.2 Å². The lowest BCUT2D eigenvalue weighted by atomic mass is 10.2. The van der Waals surface area contributed by atoms with E-state index < -0.39 is 0 Å². The van der Waals surface area contributed by atoms with Crippen molar-refractivity contribution in [1.82, 2.24) is 5.32 Å². The van der Waals surface area contributed by atoms with Crippen LogP contribution in [0.5, 0.6) is 0 Å². The Balaban J connectivity index is 2.66. The molecule has 1 atom stereocenters. The second kappa shape index (κ2) is 6.98. The highest BCUT2D eigenvalue weighted by molar-refractivity contribution is 5.94. The smallest absolute Gasteiger partial charge is 0.251 e. The third kappa shape index (κ3) is 3.72. The fourth-order valence-corrected chi connectivity index (χ4v) is 1.70. The third-order valence-electron chi connectivity index (χ3n) is 2.64. The van der Waals surface area contributed by atoms with Gasteiger partial charge in [0.05, 0.1) is 6.04 Å². The minimum atomic E-state index is -0.316. The Morgan fingerprint density at radius 2 is 1.72 bits per heavy atom. The van der Waals surface area contributed by atoms with Gasteiger partial charge in [0, 0.05) is 32.5 Å². The van der Waals surface area contributed by atoms with Crippen molar-refractivity contribution in [2.45, 2.75) is 19.3 Å². The van der Waals surface area contributed by atoms with Crippen LogP contribution in [0.2, 0.25) is 0 Å². The second-order valence-corrected chi connectivity index (χ2v) is 3.93. The van der Waals surface area contributed by atoms with E-state index in [4.69, 9.17) is 9.47 Å². The second-order valence-electron chi connectivity index (χ2n) is 3.93. The number of rotatable bonds is 6. The van der Waals surface area contributed by atoms with Gasteiger partial charge in [-0.15, -0.1) is 0 Å². The molecular weight excluding hydrogens is 232 g/mol. The molecule has 1 aromatic carbocycles. The van der Waals surface area contributed by atoms with E-state index in [1.54, 1.807) is 33.4 Å². The molecule has 0 radical (unpaired) electrons. The van der Waals surface area contributed by atoms with Crippen LogP contribution >= 0.6 is 0 Å². The van der Waals surface area contributed by atoms with Crippen molar-refractivity contribution in [2.24, 2.45) is 0 Å². The number of ether oxygens (including phenoxy) is 2. The van der Waals surface area contributed by atoms with Crippen LogP contribution in [-0.2, 0) is 9.47 Å². The number of carbonyl (C=O) groups is 1. The molecule has 0 aliphatic carbocycles. The molecule has 0 aliphatic rings. The number of anilines is 1. The summed E-state index contributed by atoms with van der Waals surface area (Å²) in [5.41, 5.74) is 1.54. The lowest BCUT2D eigenvalue weighted by Crippen LogP contribution is -2.33. The first-order chi connectivity index (χ1) is 8.62. The van der Waals surface area contributed by atoms with Crippen LogP contribution in [0.3, 0.4) is 0 Å². The number of amides is 1. The van der Waals surface area contributed by atoms with Gasteiger partial charge in [-0.1, -0.05) is 0 Å². The molecule has 0 aliphatic heterocycles. The summed E-state index contributed by atoms with van der Waals surface area (Å²) in [5, 5.41) is 5.82. The quantitative estimate of drug-likeness (QED) is 0.753. The predicted octanol–water partition coefficient (Wildman–Crippen LogP) is 1.47. The van der Waals surface area contributed by atoms with Gasteiger partial charge in [0.15, 0.2) is 6.29 Å². The summed E-state index contributed by atoms with van der Waals surface area (Å²) in [4.78, 5) is 11.4. The van der Waals surface area contributed by atoms with E-state index in [2.05, 4.69) is 10.6 Å². The Bertz CT molecular complexity index is 374. The van der Waals surface area contributed by atoms with E-state index in [0.717, 1.165) is 5.69 Å². The standard InChI is InChI=1S/C13H20N2O3/c1-9(13(17-3)18-4)15-11-7-5-10(6-8-11)12(16)14-2/h5-9,13,15H,1-4H3,(H,14,16). The minimum Gasteiger partial charge on any atom is -0.377 e. The number of hydrogen-bond acceptors (Lipinski definition) is 4. The molecule has 5 heteroatoms. The van der Waals surface area contributed by atoms with Crippen molar-refractivity contribution in [3.05, 3.63) is 29.8 Å². The lowest BCUT2D eigenvalue weighted by molar-refractivity contribution is -0.109. The zero-order valence-corrected chi connectivity index (χ0v) is 11.2. The first-order valence-corrected chi connectivity index (χ1v) is 5.76. The van der Waals surface area contributed by atoms with Crippen molar-refractivity contribution >= 4 is 11.6 Å². The van der Waals surface area contributed by atoms with Crippen molar-refractivity contribution in [1.29, 1.82) is 0 Å². The van der Waals surface area contributed by atoms with E-state index >= 15 is 0 Å². The molecule has 0 bridgehead atoms. The maximum atomic E-state index is 11.4. The average Bonchev–Trinajstić information content (AvgIpc) is 2.40. The summed E-state index contributed by atoms with van der Waals surface area (Å²) in [6.07, 6.45) is -0.316. The van der Waals surface area contributed by atoms with Crippen LogP contribution in [0, 0.1) is 0 Å². The predicted molar refractivity (Wildman–Crippen MR) is 70.7 cm³/mol. The van der Waals surface area contributed by atoms with Crippen LogP contribution in [-0.4, -0.2) is 39.5 Å². The van der Waals surface area contributed by atoms with Gasteiger partial charge in [0.25, 0.3) is 5.91 Å². The number of benzene rings is 1. The van der Waals surface area contributed by atoms with Crippen LogP contribution < -0.4 is 10.6 Å². The average molecular weight is 252 g/mol.